The molecule has 0 unspecified atom stereocenters. The number of ether oxygens (including phenoxy) is 1. The molecule has 1 N–H and O–H groups in total. The summed E-state index contributed by atoms with van der Waals surface area (Å²) in [5.41, 5.74) is 2.50. The number of halogens is 1. The first-order valence-corrected chi connectivity index (χ1v) is 8.78. The maximum atomic E-state index is 12.9. The Morgan fingerprint density at radius 3 is 2.28 bits per heavy atom. The third-order valence-electron chi connectivity index (χ3n) is 4.11. The number of hydrogen-bond donors (Lipinski definition) is 1. The normalized spacial score (nSPS) is 12.0. The van der Waals surface area contributed by atoms with E-state index in [1.807, 2.05) is 6.92 Å². The fourth-order valence-corrected chi connectivity index (χ4v) is 2.51. The molecule has 4 heteroatoms. The zero-order valence-corrected chi connectivity index (χ0v) is 15.1. The van der Waals surface area contributed by atoms with Crippen LogP contribution in [-0.2, 0) is 11.2 Å². The van der Waals surface area contributed by atoms with Crippen LogP contribution >= 0.6 is 0 Å². The molecule has 0 heterocycles. The van der Waals surface area contributed by atoms with E-state index < -0.39 is 6.10 Å². The zero-order valence-electron chi connectivity index (χ0n) is 15.1. The van der Waals surface area contributed by atoms with E-state index in [1.54, 1.807) is 0 Å². The summed E-state index contributed by atoms with van der Waals surface area (Å²) in [4.78, 5) is 12.3. The van der Waals surface area contributed by atoms with Crippen LogP contribution in [0.4, 0.5) is 4.39 Å². The first kappa shape index (κ1) is 19.0. The first-order valence-electron chi connectivity index (χ1n) is 8.78. The van der Waals surface area contributed by atoms with Crippen LogP contribution in [0.25, 0.3) is 0 Å². The van der Waals surface area contributed by atoms with Crippen molar-refractivity contribution in [1.29, 1.82) is 0 Å². The predicted octanol–water partition coefficient (Wildman–Crippen LogP) is 4.47. The quantitative estimate of drug-likeness (QED) is 0.768. The van der Waals surface area contributed by atoms with Crippen LogP contribution in [0.2, 0.25) is 0 Å². The Hall–Kier alpha value is -2.36. The predicted molar refractivity (Wildman–Crippen MR) is 98.4 cm³/mol. The minimum atomic E-state index is -0.575. The molecule has 1 amide bonds. The fourth-order valence-electron chi connectivity index (χ4n) is 2.51. The largest absolute Gasteiger partial charge is 0.481 e. The van der Waals surface area contributed by atoms with Gasteiger partial charge in [-0.05, 0) is 54.2 Å². The minimum Gasteiger partial charge on any atom is -0.481 e. The molecule has 0 saturated heterocycles. The summed E-state index contributed by atoms with van der Waals surface area (Å²) >= 11 is 0. The van der Waals surface area contributed by atoms with Gasteiger partial charge in [0.05, 0.1) is 0 Å². The number of carbonyl (C=O) groups is 1. The molecule has 134 valence electrons. The van der Waals surface area contributed by atoms with Crippen LogP contribution in [0, 0.1) is 5.82 Å². The van der Waals surface area contributed by atoms with Crippen molar-refractivity contribution in [2.24, 2.45) is 0 Å². The molecule has 2 aromatic carbocycles. The van der Waals surface area contributed by atoms with Gasteiger partial charge in [-0.3, -0.25) is 4.79 Å². The highest BCUT2D eigenvalue weighted by molar-refractivity contribution is 5.81. The van der Waals surface area contributed by atoms with Gasteiger partial charge in [0, 0.05) is 6.54 Å². The molecule has 0 aromatic heterocycles. The Morgan fingerprint density at radius 1 is 1.08 bits per heavy atom. The van der Waals surface area contributed by atoms with E-state index in [4.69, 9.17) is 4.74 Å². The van der Waals surface area contributed by atoms with E-state index >= 15 is 0 Å². The standard InChI is InChI=1S/C21H26FNO2/c1-4-20(25-19-11-9-18(22)10-12-19)21(24)23-14-13-16-5-7-17(8-6-16)15(2)3/h5-12,15,20H,4,13-14H2,1-3H3,(H,23,24)/t20-/m1/s1. The van der Waals surface area contributed by atoms with Crippen LogP contribution in [-0.4, -0.2) is 18.6 Å². The highest BCUT2D eigenvalue weighted by Gasteiger charge is 2.17. The molecule has 0 spiro atoms. The van der Waals surface area contributed by atoms with E-state index in [9.17, 15) is 9.18 Å². The van der Waals surface area contributed by atoms with Gasteiger partial charge < -0.3 is 10.1 Å². The highest BCUT2D eigenvalue weighted by atomic mass is 19.1. The number of nitrogens with one attached hydrogen (secondary N) is 1. The van der Waals surface area contributed by atoms with E-state index in [0.29, 0.717) is 24.6 Å². The molecular formula is C21H26FNO2. The lowest BCUT2D eigenvalue weighted by Gasteiger charge is -2.17. The van der Waals surface area contributed by atoms with Crippen molar-refractivity contribution in [2.45, 2.75) is 45.6 Å². The van der Waals surface area contributed by atoms with Crippen LogP contribution in [0.15, 0.2) is 48.5 Å². The van der Waals surface area contributed by atoms with Crippen LogP contribution in [0.5, 0.6) is 5.75 Å². The molecule has 0 aliphatic rings. The van der Waals surface area contributed by atoms with Gasteiger partial charge in [0.2, 0.25) is 0 Å². The summed E-state index contributed by atoms with van der Waals surface area (Å²) in [6.07, 6.45) is 0.748. The summed E-state index contributed by atoms with van der Waals surface area (Å²) < 4.78 is 18.6. The Kier molecular flexibility index (Phi) is 6.99. The monoisotopic (exact) mass is 343 g/mol. The average molecular weight is 343 g/mol. The summed E-state index contributed by atoms with van der Waals surface area (Å²) in [6, 6.07) is 14.2. The number of amides is 1. The third kappa shape index (κ3) is 5.89. The molecule has 0 saturated carbocycles. The van der Waals surface area contributed by atoms with Crippen molar-refractivity contribution in [3.63, 3.8) is 0 Å². The van der Waals surface area contributed by atoms with Crippen molar-refractivity contribution in [2.75, 3.05) is 6.54 Å². The lowest BCUT2D eigenvalue weighted by molar-refractivity contribution is -0.128. The Morgan fingerprint density at radius 2 is 1.72 bits per heavy atom. The molecule has 0 bridgehead atoms. The second kappa shape index (κ2) is 9.21. The van der Waals surface area contributed by atoms with Crippen LogP contribution in [0.3, 0.4) is 0 Å². The summed E-state index contributed by atoms with van der Waals surface area (Å²) in [5, 5.41) is 2.91. The van der Waals surface area contributed by atoms with Gasteiger partial charge in [-0.25, -0.2) is 4.39 Å². The molecule has 25 heavy (non-hydrogen) atoms. The van der Waals surface area contributed by atoms with Crippen molar-refractivity contribution in [3.05, 3.63) is 65.5 Å². The highest BCUT2D eigenvalue weighted by Crippen LogP contribution is 2.16. The summed E-state index contributed by atoms with van der Waals surface area (Å²) in [6.45, 7) is 6.78. The van der Waals surface area contributed by atoms with Gasteiger partial charge in [0.25, 0.3) is 5.91 Å². The van der Waals surface area contributed by atoms with Crippen molar-refractivity contribution in [3.8, 4) is 5.75 Å². The molecule has 3 nitrogen and oxygen atoms in total. The lowest BCUT2D eigenvalue weighted by atomic mass is 10.0. The Bertz CT molecular complexity index is 665. The van der Waals surface area contributed by atoms with Gasteiger partial charge in [0.15, 0.2) is 6.10 Å². The second-order valence-electron chi connectivity index (χ2n) is 6.41. The Labute approximate surface area is 149 Å². The number of benzene rings is 2. The molecule has 0 fully saturated rings. The first-order chi connectivity index (χ1) is 12.0. The summed E-state index contributed by atoms with van der Waals surface area (Å²) in [5.74, 6) is 0.536. The third-order valence-corrected chi connectivity index (χ3v) is 4.11. The Balaban J connectivity index is 1.82. The van der Waals surface area contributed by atoms with Crippen molar-refractivity contribution < 1.29 is 13.9 Å². The molecule has 0 aliphatic carbocycles. The SMILES string of the molecule is CC[C@@H](Oc1ccc(F)cc1)C(=O)NCCc1ccc(C(C)C)cc1. The van der Waals surface area contributed by atoms with Gasteiger partial charge >= 0.3 is 0 Å². The smallest absolute Gasteiger partial charge is 0.261 e. The molecule has 2 aromatic rings. The maximum Gasteiger partial charge on any atom is 0.261 e. The van der Waals surface area contributed by atoms with Crippen molar-refractivity contribution in [1.82, 2.24) is 5.32 Å². The molecule has 0 radical (unpaired) electrons. The number of rotatable bonds is 8. The van der Waals surface area contributed by atoms with Gasteiger partial charge in [-0.15, -0.1) is 0 Å². The van der Waals surface area contributed by atoms with Crippen molar-refractivity contribution >= 4 is 5.91 Å². The second-order valence-corrected chi connectivity index (χ2v) is 6.41. The van der Waals surface area contributed by atoms with E-state index in [0.717, 1.165) is 6.42 Å². The van der Waals surface area contributed by atoms with Gasteiger partial charge in [-0.1, -0.05) is 45.0 Å². The van der Waals surface area contributed by atoms with Gasteiger partial charge in [0.1, 0.15) is 11.6 Å². The number of carbonyl (C=O) groups excluding carboxylic acids is 1. The molecule has 2 rings (SSSR count). The van der Waals surface area contributed by atoms with E-state index in [1.165, 1.54) is 35.4 Å². The van der Waals surface area contributed by atoms with Gasteiger partial charge in [-0.2, -0.15) is 0 Å². The molecule has 1 atom stereocenters. The van der Waals surface area contributed by atoms with E-state index in [-0.39, 0.29) is 11.7 Å². The summed E-state index contributed by atoms with van der Waals surface area (Å²) in [7, 11) is 0. The number of hydrogen-bond acceptors (Lipinski definition) is 2. The minimum absolute atomic E-state index is 0.148. The average Bonchev–Trinajstić information content (AvgIpc) is 2.61. The van der Waals surface area contributed by atoms with E-state index in [2.05, 4.69) is 43.4 Å². The lowest BCUT2D eigenvalue weighted by Crippen LogP contribution is -2.38. The molecular weight excluding hydrogens is 317 g/mol. The van der Waals surface area contributed by atoms with Crippen LogP contribution in [0.1, 0.15) is 44.2 Å². The fraction of sp³-hybridized carbons (Fsp3) is 0.381. The molecule has 0 aliphatic heterocycles. The zero-order chi connectivity index (χ0) is 18.2. The maximum absolute atomic E-state index is 12.9. The topological polar surface area (TPSA) is 38.3 Å². The van der Waals surface area contributed by atoms with Crippen LogP contribution < -0.4 is 10.1 Å².